The lowest BCUT2D eigenvalue weighted by Gasteiger charge is -2.10. The molecule has 134 valence electrons. The lowest BCUT2D eigenvalue weighted by molar-refractivity contribution is 0.0997. The number of ether oxygens (including phenoxy) is 2. The number of methoxy groups -OCH3 is 2. The highest BCUT2D eigenvalue weighted by Crippen LogP contribution is 2.33. The summed E-state index contributed by atoms with van der Waals surface area (Å²) in [5.74, 6) is 1.28. The van der Waals surface area contributed by atoms with Gasteiger partial charge in [-0.3, -0.25) is 4.79 Å². The Labute approximate surface area is 160 Å². The van der Waals surface area contributed by atoms with E-state index in [0.29, 0.717) is 38.6 Å². The van der Waals surface area contributed by atoms with Crippen LogP contribution in [0.1, 0.15) is 10.6 Å². The summed E-state index contributed by atoms with van der Waals surface area (Å²) in [6, 6.07) is 13.3. The number of amides is 1. The SMILES string of the molecule is COc1ccc(NC(=O)c2ccc(-c3cc(Cl)ccc3Cl)o2)cc1OC. The highest BCUT2D eigenvalue weighted by atomic mass is 35.5. The van der Waals surface area contributed by atoms with E-state index in [-0.39, 0.29) is 5.76 Å². The van der Waals surface area contributed by atoms with Crippen LogP contribution in [0, 0.1) is 0 Å². The van der Waals surface area contributed by atoms with Crippen molar-refractivity contribution < 1.29 is 18.7 Å². The molecule has 0 aliphatic heterocycles. The summed E-state index contributed by atoms with van der Waals surface area (Å²) in [6.07, 6.45) is 0. The number of hydrogen-bond acceptors (Lipinski definition) is 4. The van der Waals surface area contributed by atoms with E-state index in [1.165, 1.54) is 7.11 Å². The first-order valence-corrected chi connectivity index (χ1v) is 8.36. The van der Waals surface area contributed by atoms with E-state index >= 15 is 0 Å². The highest BCUT2D eigenvalue weighted by Gasteiger charge is 2.15. The van der Waals surface area contributed by atoms with Crippen molar-refractivity contribution in [2.75, 3.05) is 19.5 Å². The van der Waals surface area contributed by atoms with Crippen molar-refractivity contribution in [3.8, 4) is 22.8 Å². The van der Waals surface area contributed by atoms with E-state index in [1.54, 1.807) is 55.6 Å². The van der Waals surface area contributed by atoms with Gasteiger partial charge >= 0.3 is 0 Å². The average Bonchev–Trinajstić information content (AvgIpc) is 3.13. The van der Waals surface area contributed by atoms with Crippen LogP contribution < -0.4 is 14.8 Å². The molecule has 0 bridgehead atoms. The van der Waals surface area contributed by atoms with Gasteiger partial charge in [0.05, 0.1) is 19.2 Å². The molecule has 7 heteroatoms. The van der Waals surface area contributed by atoms with Crippen LogP contribution in [0.25, 0.3) is 11.3 Å². The van der Waals surface area contributed by atoms with Gasteiger partial charge in [-0.1, -0.05) is 23.2 Å². The molecule has 3 aromatic rings. The van der Waals surface area contributed by atoms with Crippen molar-refractivity contribution in [3.63, 3.8) is 0 Å². The maximum absolute atomic E-state index is 12.4. The van der Waals surface area contributed by atoms with E-state index in [4.69, 9.17) is 37.1 Å². The summed E-state index contributed by atoms with van der Waals surface area (Å²) in [5, 5.41) is 3.75. The van der Waals surface area contributed by atoms with Crippen molar-refractivity contribution in [3.05, 3.63) is 64.3 Å². The molecule has 0 radical (unpaired) electrons. The van der Waals surface area contributed by atoms with Crippen molar-refractivity contribution in [1.82, 2.24) is 0 Å². The maximum atomic E-state index is 12.4. The molecule has 5 nitrogen and oxygen atoms in total. The third-order valence-corrected chi connectivity index (χ3v) is 4.23. The normalized spacial score (nSPS) is 10.5. The number of furan rings is 1. The van der Waals surface area contributed by atoms with Crippen molar-refractivity contribution in [2.45, 2.75) is 0 Å². The molecule has 0 atom stereocenters. The fourth-order valence-electron chi connectivity index (χ4n) is 2.40. The van der Waals surface area contributed by atoms with Crippen molar-refractivity contribution in [1.29, 1.82) is 0 Å². The molecule has 0 aliphatic rings. The molecule has 0 unspecified atom stereocenters. The molecule has 0 fully saturated rings. The van der Waals surface area contributed by atoms with Gasteiger partial charge in [0.2, 0.25) is 0 Å². The predicted octanol–water partition coefficient (Wildman–Crippen LogP) is 5.52. The van der Waals surface area contributed by atoms with Gasteiger partial charge < -0.3 is 19.2 Å². The van der Waals surface area contributed by atoms with Crippen LogP contribution in [0.4, 0.5) is 5.69 Å². The van der Waals surface area contributed by atoms with Crippen LogP contribution >= 0.6 is 23.2 Å². The second-order valence-corrected chi connectivity index (χ2v) is 6.16. The zero-order valence-corrected chi connectivity index (χ0v) is 15.5. The van der Waals surface area contributed by atoms with E-state index in [1.807, 2.05) is 0 Å². The third-order valence-electron chi connectivity index (χ3n) is 3.67. The first-order chi connectivity index (χ1) is 12.5. The molecule has 1 amide bonds. The smallest absolute Gasteiger partial charge is 0.291 e. The van der Waals surface area contributed by atoms with Crippen LogP contribution in [0.5, 0.6) is 11.5 Å². The van der Waals surface area contributed by atoms with E-state index in [9.17, 15) is 4.79 Å². The minimum Gasteiger partial charge on any atom is -0.493 e. The lowest BCUT2D eigenvalue weighted by atomic mass is 10.2. The summed E-state index contributed by atoms with van der Waals surface area (Å²) in [6.45, 7) is 0. The van der Waals surface area contributed by atoms with Crippen LogP contribution in [0.3, 0.4) is 0 Å². The Morgan fingerprint density at radius 3 is 2.46 bits per heavy atom. The summed E-state index contributed by atoms with van der Waals surface area (Å²) in [4.78, 5) is 12.4. The van der Waals surface area contributed by atoms with Gasteiger partial charge in [-0.2, -0.15) is 0 Å². The van der Waals surface area contributed by atoms with Crippen molar-refractivity contribution >= 4 is 34.8 Å². The predicted molar refractivity (Wildman–Crippen MR) is 102 cm³/mol. The molecular weight excluding hydrogens is 377 g/mol. The topological polar surface area (TPSA) is 60.7 Å². The Hall–Kier alpha value is -2.63. The molecule has 2 aromatic carbocycles. The number of rotatable bonds is 5. The highest BCUT2D eigenvalue weighted by molar-refractivity contribution is 6.35. The summed E-state index contributed by atoms with van der Waals surface area (Å²) < 4.78 is 16.0. The number of halogens is 2. The summed E-state index contributed by atoms with van der Waals surface area (Å²) >= 11 is 12.2. The van der Waals surface area contributed by atoms with Gasteiger partial charge in [0.1, 0.15) is 5.76 Å². The fraction of sp³-hybridized carbons (Fsp3) is 0.105. The summed E-state index contributed by atoms with van der Waals surface area (Å²) in [5.41, 5.74) is 1.16. The number of nitrogens with one attached hydrogen (secondary N) is 1. The van der Waals surface area contributed by atoms with Gasteiger partial charge in [0.25, 0.3) is 5.91 Å². The Morgan fingerprint density at radius 1 is 0.962 bits per heavy atom. The molecule has 0 aliphatic carbocycles. The molecule has 3 rings (SSSR count). The molecule has 1 aromatic heterocycles. The van der Waals surface area contributed by atoms with E-state index in [0.717, 1.165) is 0 Å². The fourth-order valence-corrected chi connectivity index (χ4v) is 2.78. The first kappa shape index (κ1) is 18.2. The van der Waals surface area contributed by atoms with Gasteiger partial charge in [0, 0.05) is 22.3 Å². The van der Waals surface area contributed by atoms with E-state index in [2.05, 4.69) is 5.32 Å². The molecular formula is C19H15Cl2NO4. The third kappa shape index (κ3) is 3.79. The van der Waals surface area contributed by atoms with E-state index < -0.39 is 5.91 Å². The van der Waals surface area contributed by atoms with Crippen LogP contribution in [0.15, 0.2) is 52.9 Å². The molecule has 0 spiro atoms. The molecule has 1 heterocycles. The number of benzene rings is 2. The molecule has 1 N–H and O–H groups in total. The van der Waals surface area contributed by atoms with Gasteiger partial charge in [-0.25, -0.2) is 0 Å². The Morgan fingerprint density at radius 2 is 1.73 bits per heavy atom. The second-order valence-electron chi connectivity index (χ2n) is 5.31. The zero-order valence-electron chi connectivity index (χ0n) is 14.0. The van der Waals surface area contributed by atoms with Crippen molar-refractivity contribution in [2.24, 2.45) is 0 Å². The quantitative estimate of drug-likeness (QED) is 0.621. The molecule has 26 heavy (non-hydrogen) atoms. The summed E-state index contributed by atoms with van der Waals surface area (Å²) in [7, 11) is 3.07. The van der Waals surface area contributed by atoms with Crippen LogP contribution in [-0.2, 0) is 0 Å². The maximum Gasteiger partial charge on any atom is 0.291 e. The zero-order chi connectivity index (χ0) is 18.7. The Bertz CT molecular complexity index is 952. The lowest BCUT2D eigenvalue weighted by Crippen LogP contribution is -2.10. The largest absolute Gasteiger partial charge is 0.493 e. The number of carbonyl (C=O) groups is 1. The number of carbonyl (C=O) groups excluding carboxylic acids is 1. The van der Waals surface area contributed by atoms with Gasteiger partial charge in [-0.05, 0) is 42.5 Å². The van der Waals surface area contributed by atoms with Gasteiger partial charge in [0.15, 0.2) is 17.3 Å². The average molecular weight is 392 g/mol. The number of anilines is 1. The molecule has 0 saturated heterocycles. The Balaban J connectivity index is 1.81. The minimum atomic E-state index is -0.401. The Kier molecular flexibility index (Phi) is 5.40. The monoisotopic (exact) mass is 391 g/mol. The number of hydrogen-bond donors (Lipinski definition) is 1. The standard InChI is InChI=1S/C19H15Cl2NO4/c1-24-16-6-4-12(10-18(16)25-2)22-19(23)17-8-7-15(26-17)13-9-11(20)3-5-14(13)21/h3-10H,1-2H3,(H,22,23). The van der Waals surface area contributed by atoms with Crippen LogP contribution in [-0.4, -0.2) is 20.1 Å². The molecule has 0 saturated carbocycles. The van der Waals surface area contributed by atoms with Gasteiger partial charge in [-0.15, -0.1) is 0 Å². The second kappa shape index (κ2) is 7.72. The minimum absolute atomic E-state index is 0.144. The van der Waals surface area contributed by atoms with Crippen LogP contribution in [0.2, 0.25) is 10.0 Å². The first-order valence-electron chi connectivity index (χ1n) is 7.60.